The molecule has 2 aromatic carbocycles. The quantitative estimate of drug-likeness (QED) is 0.607. The topological polar surface area (TPSA) is 77.2 Å². The number of amides is 1. The van der Waals surface area contributed by atoms with Crippen LogP contribution in [0.4, 0.5) is 10.1 Å². The molecule has 1 fully saturated rings. The highest BCUT2D eigenvalue weighted by atomic mass is 19.1. The second-order valence-electron chi connectivity index (χ2n) is 5.66. The molecule has 1 aliphatic heterocycles. The summed E-state index contributed by atoms with van der Waals surface area (Å²) in [4.78, 5) is 24.4. The number of ether oxygens (including phenoxy) is 3. The van der Waals surface area contributed by atoms with Gasteiger partial charge in [0.2, 0.25) is 0 Å². The maximum Gasteiger partial charge on any atom is 0.341 e. The minimum Gasteiger partial charge on any atom is -0.490 e. The van der Waals surface area contributed by atoms with E-state index in [1.807, 2.05) is 0 Å². The zero-order valence-corrected chi connectivity index (χ0v) is 14.2. The van der Waals surface area contributed by atoms with Crippen molar-refractivity contribution in [2.75, 3.05) is 25.1 Å². The molecular weight excluding hydrogens is 341 g/mol. The number of halogens is 1. The highest BCUT2D eigenvalue weighted by Gasteiger charge is 2.24. The highest BCUT2D eigenvalue weighted by Crippen LogP contribution is 2.25. The SMILES string of the molecule is CCOC(=O)c1cc(NC(=O)c2ccc(F)cc2)ccc1OCC1CO1. The van der Waals surface area contributed by atoms with E-state index in [0.29, 0.717) is 30.2 Å². The summed E-state index contributed by atoms with van der Waals surface area (Å²) in [5.74, 6) is -1.03. The molecule has 1 amide bonds. The molecule has 1 N–H and O–H groups in total. The number of carbonyl (C=O) groups excluding carboxylic acids is 2. The lowest BCUT2D eigenvalue weighted by molar-refractivity contribution is 0.0521. The van der Waals surface area contributed by atoms with Gasteiger partial charge in [0.15, 0.2) is 0 Å². The zero-order valence-electron chi connectivity index (χ0n) is 14.2. The standard InChI is InChI=1S/C19H18FNO5/c1-2-24-19(23)16-9-14(7-8-17(16)26-11-15-10-25-15)21-18(22)12-3-5-13(20)6-4-12/h3-9,15H,2,10-11H2,1H3,(H,21,22). The fourth-order valence-corrected chi connectivity index (χ4v) is 2.25. The fourth-order valence-electron chi connectivity index (χ4n) is 2.25. The van der Waals surface area contributed by atoms with Crippen LogP contribution in [-0.4, -0.2) is 37.8 Å². The first kappa shape index (κ1) is 17.9. The third-order valence-corrected chi connectivity index (χ3v) is 3.67. The number of benzene rings is 2. The van der Waals surface area contributed by atoms with Crippen LogP contribution in [0, 0.1) is 5.82 Å². The number of epoxide rings is 1. The van der Waals surface area contributed by atoms with E-state index >= 15 is 0 Å². The molecule has 1 unspecified atom stereocenters. The normalized spacial score (nSPS) is 15.2. The Morgan fingerprint density at radius 1 is 1.23 bits per heavy atom. The molecule has 1 saturated heterocycles. The summed E-state index contributed by atoms with van der Waals surface area (Å²) in [7, 11) is 0. The molecule has 3 rings (SSSR count). The Morgan fingerprint density at radius 2 is 1.96 bits per heavy atom. The summed E-state index contributed by atoms with van der Waals surface area (Å²) in [6, 6.07) is 9.87. The van der Waals surface area contributed by atoms with Gasteiger partial charge in [-0.05, 0) is 49.4 Å². The Bertz CT molecular complexity index is 802. The molecule has 26 heavy (non-hydrogen) atoms. The van der Waals surface area contributed by atoms with Gasteiger partial charge in [-0.15, -0.1) is 0 Å². The van der Waals surface area contributed by atoms with Gasteiger partial charge in [0.25, 0.3) is 5.91 Å². The zero-order chi connectivity index (χ0) is 18.5. The number of rotatable bonds is 7. The van der Waals surface area contributed by atoms with Crippen molar-refractivity contribution in [2.45, 2.75) is 13.0 Å². The minimum absolute atomic E-state index is 0.0444. The van der Waals surface area contributed by atoms with Gasteiger partial charge in [-0.1, -0.05) is 0 Å². The Labute approximate surface area is 149 Å². The van der Waals surface area contributed by atoms with Crippen molar-refractivity contribution in [1.29, 1.82) is 0 Å². The molecule has 0 radical (unpaired) electrons. The minimum atomic E-state index is -0.544. The second-order valence-corrected chi connectivity index (χ2v) is 5.66. The summed E-state index contributed by atoms with van der Waals surface area (Å²) >= 11 is 0. The van der Waals surface area contributed by atoms with Gasteiger partial charge in [-0.2, -0.15) is 0 Å². The summed E-state index contributed by atoms with van der Waals surface area (Å²) in [6.07, 6.45) is 0.0444. The smallest absolute Gasteiger partial charge is 0.341 e. The van der Waals surface area contributed by atoms with Crippen LogP contribution in [0.5, 0.6) is 5.75 Å². The molecule has 136 valence electrons. The van der Waals surface area contributed by atoms with Crippen molar-refractivity contribution in [3.63, 3.8) is 0 Å². The van der Waals surface area contributed by atoms with Crippen molar-refractivity contribution in [1.82, 2.24) is 0 Å². The molecule has 6 nitrogen and oxygen atoms in total. The lowest BCUT2D eigenvalue weighted by atomic mass is 10.1. The van der Waals surface area contributed by atoms with E-state index in [1.54, 1.807) is 19.1 Å². The van der Waals surface area contributed by atoms with E-state index in [0.717, 1.165) is 0 Å². The van der Waals surface area contributed by atoms with Crippen LogP contribution >= 0.6 is 0 Å². The van der Waals surface area contributed by atoms with Gasteiger partial charge < -0.3 is 19.5 Å². The van der Waals surface area contributed by atoms with Crippen LogP contribution < -0.4 is 10.1 Å². The summed E-state index contributed by atoms with van der Waals surface area (Å²) in [6.45, 7) is 2.90. The predicted octanol–water partition coefficient (Wildman–Crippen LogP) is 3.03. The largest absolute Gasteiger partial charge is 0.490 e. The molecule has 0 bridgehead atoms. The molecule has 1 heterocycles. The van der Waals surface area contributed by atoms with Gasteiger partial charge in [0.1, 0.15) is 29.8 Å². The number of hydrogen-bond donors (Lipinski definition) is 1. The van der Waals surface area contributed by atoms with Crippen LogP contribution in [-0.2, 0) is 9.47 Å². The first-order chi connectivity index (χ1) is 12.6. The molecular formula is C19H18FNO5. The van der Waals surface area contributed by atoms with Crippen molar-refractivity contribution in [3.8, 4) is 5.75 Å². The third kappa shape index (κ3) is 4.58. The van der Waals surface area contributed by atoms with Crippen molar-refractivity contribution < 1.29 is 28.2 Å². The van der Waals surface area contributed by atoms with Gasteiger partial charge in [-0.25, -0.2) is 9.18 Å². The number of nitrogens with one attached hydrogen (secondary N) is 1. The first-order valence-corrected chi connectivity index (χ1v) is 8.19. The van der Waals surface area contributed by atoms with E-state index in [9.17, 15) is 14.0 Å². The molecule has 1 aliphatic rings. The van der Waals surface area contributed by atoms with Crippen LogP contribution in [0.25, 0.3) is 0 Å². The van der Waals surface area contributed by atoms with Crippen molar-refractivity contribution in [2.24, 2.45) is 0 Å². The predicted molar refractivity (Wildman–Crippen MR) is 92.0 cm³/mol. The number of carbonyl (C=O) groups is 2. The molecule has 0 saturated carbocycles. The lowest BCUT2D eigenvalue weighted by Gasteiger charge is -2.12. The van der Waals surface area contributed by atoms with Crippen molar-refractivity contribution in [3.05, 3.63) is 59.4 Å². The van der Waals surface area contributed by atoms with Gasteiger partial charge in [-0.3, -0.25) is 4.79 Å². The molecule has 1 atom stereocenters. The molecule has 0 aliphatic carbocycles. The van der Waals surface area contributed by atoms with E-state index in [2.05, 4.69) is 5.32 Å². The molecule has 0 aromatic heterocycles. The maximum absolute atomic E-state index is 13.0. The monoisotopic (exact) mass is 359 g/mol. The van der Waals surface area contributed by atoms with Gasteiger partial charge in [0.05, 0.1) is 13.2 Å². The van der Waals surface area contributed by atoms with Crippen LogP contribution in [0.3, 0.4) is 0 Å². The maximum atomic E-state index is 13.0. The number of anilines is 1. The first-order valence-electron chi connectivity index (χ1n) is 8.19. The highest BCUT2D eigenvalue weighted by molar-refractivity contribution is 6.05. The van der Waals surface area contributed by atoms with E-state index in [1.165, 1.54) is 30.3 Å². The Morgan fingerprint density at radius 3 is 2.62 bits per heavy atom. The van der Waals surface area contributed by atoms with Crippen molar-refractivity contribution >= 4 is 17.6 Å². The van der Waals surface area contributed by atoms with E-state index in [4.69, 9.17) is 14.2 Å². The second kappa shape index (κ2) is 7.97. The van der Waals surface area contributed by atoms with Crippen LogP contribution in [0.15, 0.2) is 42.5 Å². The molecule has 0 spiro atoms. The van der Waals surface area contributed by atoms with E-state index < -0.39 is 17.7 Å². The fraction of sp³-hybridized carbons (Fsp3) is 0.263. The van der Waals surface area contributed by atoms with Crippen LogP contribution in [0.1, 0.15) is 27.6 Å². The average Bonchev–Trinajstić information content (AvgIpc) is 3.45. The number of hydrogen-bond acceptors (Lipinski definition) is 5. The van der Waals surface area contributed by atoms with Gasteiger partial charge in [0, 0.05) is 11.3 Å². The summed E-state index contributed by atoms with van der Waals surface area (Å²) in [5, 5.41) is 2.67. The Hall–Kier alpha value is -2.93. The third-order valence-electron chi connectivity index (χ3n) is 3.67. The molecule has 7 heteroatoms. The Balaban J connectivity index is 1.77. The van der Waals surface area contributed by atoms with Crippen LogP contribution in [0.2, 0.25) is 0 Å². The number of esters is 1. The Kier molecular flexibility index (Phi) is 5.48. The van der Waals surface area contributed by atoms with E-state index in [-0.39, 0.29) is 18.3 Å². The average molecular weight is 359 g/mol. The lowest BCUT2D eigenvalue weighted by Crippen LogP contribution is -2.14. The molecule has 2 aromatic rings. The summed E-state index contributed by atoms with van der Waals surface area (Å²) in [5.41, 5.74) is 0.914. The van der Waals surface area contributed by atoms with Gasteiger partial charge >= 0.3 is 5.97 Å². The summed E-state index contributed by atoms with van der Waals surface area (Å²) < 4.78 is 28.7.